The second-order valence-electron chi connectivity index (χ2n) is 4.00. The van der Waals surface area contributed by atoms with Crippen molar-refractivity contribution in [2.75, 3.05) is 7.05 Å². The fourth-order valence-electron chi connectivity index (χ4n) is 2.66. The summed E-state index contributed by atoms with van der Waals surface area (Å²) in [5, 5.41) is 7.16. The van der Waals surface area contributed by atoms with Crippen LogP contribution in [0.4, 0.5) is 0 Å². The Hall–Kier alpha value is -0.310. The van der Waals surface area contributed by atoms with E-state index in [1.807, 2.05) is 7.05 Å². The Morgan fingerprint density at radius 2 is 2.17 bits per heavy atom. The first-order valence-corrected chi connectivity index (χ1v) is 5.18. The van der Waals surface area contributed by atoms with Crippen molar-refractivity contribution in [3.8, 4) is 0 Å². The first kappa shape index (κ1) is 8.30. The van der Waals surface area contributed by atoms with E-state index in [-0.39, 0.29) is 0 Å². The standard InChI is InChI=1S/C9H16N2S/c1-10-9(12)11-8-5-6-2-3-7(8)4-6/h6-8H,2-5H2,1H3,(H2,10,11,12)/t6-,7+,8+/m1/s1. The maximum atomic E-state index is 5.09. The van der Waals surface area contributed by atoms with Crippen LogP contribution in [0.25, 0.3) is 0 Å². The highest BCUT2D eigenvalue weighted by Gasteiger charge is 2.39. The molecule has 0 aliphatic heterocycles. The average Bonchev–Trinajstić information content (AvgIpc) is 2.64. The molecular weight excluding hydrogens is 168 g/mol. The van der Waals surface area contributed by atoms with Crippen molar-refractivity contribution < 1.29 is 0 Å². The van der Waals surface area contributed by atoms with Crippen molar-refractivity contribution in [1.82, 2.24) is 10.6 Å². The Labute approximate surface area is 79.1 Å². The van der Waals surface area contributed by atoms with Crippen molar-refractivity contribution in [3.63, 3.8) is 0 Å². The summed E-state index contributed by atoms with van der Waals surface area (Å²) in [6.45, 7) is 0. The van der Waals surface area contributed by atoms with Gasteiger partial charge in [0.25, 0.3) is 0 Å². The molecular formula is C9H16N2S. The van der Waals surface area contributed by atoms with E-state index in [1.54, 1.807) is 0 Å². The summed E-state index contributed by atoms with van der Waals surface area (Å²) in [6.07, 6.45) is 5.64. The highest BCUT2D eigenvalue weighted by atomic mass is 32.1. The average molecular weight is 184 g/mol. The van der Waals surface area contributed by atoms with E-state index in [0.717, 1.165) is 16.9 Å². The first-order chi connectivity index (χ1) is 5.79. The van der Waals surface area contributed by atoms with Gasteiger partial charge in [-0.25, -0.2) is 0 Å². The Bertz CT molecular complexity index is 193. The zero-order valence-corrected chi connectivity index (χ0v) is 8.29. The topological polar surface area (TPSA) is 24.1 Å². The summed E-state index contributed by atoms with van der Waals surface area (Å²) in [5.74, 6) is 1.90. The molecule has 0 heterocycles. The van der Waals surface area contributed by atoms with Crippen LogP contribution in [-0.2, 0) is 0 Å². The molecule has 3 heteroatoms. The van der Waals surface area contributed by atoms with Gasteiger partial charge in [0.1, 0.15) is 0 Å². The molecule has 2 nitrogen and oxygen atoms in total. The van der Waals surface area contributed by atoms with Crippen LogP contribution in [0.5, 0.6) is 0 Å². The number of thiocarbonyl (C=S) groups is 1. The van der Waals surface area contributed by atoms with Crippen LogP contribution >= 0.6 is 12.2 Å². The minimum Gasteiger partial charge on any atom is -0.366 e. The number of rotatable bonds is 1. The van der Waals surface area contributed by atoms with Crippen LogP contribution in [0.1, 0.15) is 25.7 Å². The first-order valence-electron chi connectivity index (χ1n) is 4.78. The lowest BCUT2D eigenvalue weighted by Gasteiger charge is -2.23. The normalized spacial score (nSPS) is 38.2. The Morgan fingerprint density at radius 3 is 2.67 bits per heavy atom. The van der Waals surface area contributed by atoms with E-state index in [1.165, 1.54) is 25.7 Å². The van der Waals surface area contributed by atoms with Gasteiger partial charge in [0, 0.05) is 13.1 Å². The van der Waals surface area contributed by atoms with Gasteiger partial charge in [-0.2, -0.15) is 0 Å². The molecule has 2 N–H and O–H groups in total. The van der Waals surface area contributed by atoms with Crippen LogP contribution in [0.3, 0.4) is 0 Å². The van der Waals surface area contributed by atoms with Crippen molar-refractivity contribution in [3.05, 3.63) is 0 Å². The monoisotopic (exact) mass is 184 g/mol. The van der Waals surface area contributed by atoms with Crippen LogP contribution in [0, 0.1) is 11.8 Å². The summed E-state index contributed by atoms with van der Waals surface area (Å²) < 4.78 is 0. The SMILES string of the molecule is CNC(=S)N[C@H]1C[C@@H]2CC[C@H]1C2. The van der Waals surface area contributed by atoms with Gasteiger partial charge in [-0.1, -0.05) is 6.42 Å². The molecule has 0 aromatic heterocycles. The third kappa shape index (κ3) is 1.42. The molecule has 2 fully saturated rings. The molecule has 0 unspecified atom stereocenters. The smallest absolute Gasteiger partial charge is 0.166 e. The van der Waals surface area contributed by atoms with E-state index in [4.69, 9.17) is 12.2 Å². The molecule has 0 amide bonds. The molecule has 12 heavy (non-hydrogen) atoms. The lowest BCUT2D eigenvalue weighted by Crippen LogP contribution is -2.42. The van der Waals surface area contributed by atoms with E-state index < -0.39 is 0 Å². The molecule has 3 atom stereocenters. The summed E-state index contributed by atoms with van der Waals surface area (Å²) in [7, 11) is 1.88. The quantitative estimate of drug-likeness (QED) is 0.600. The lowest BCUT2D eigenvalue weighted by molar-refractivity contribution is 0.390. The minimum atomic E-state index is 0.670. The summed E-state index contributed by atoms with van der Waals surface area (Å²) in [4.78, 5) is 0. The molecule has 2 bridgehead atoms. The summed E-state index contributed by atoms with van der Waals surface area (Å²) in [5.41, 5.74) is 0. The van der Waals surface area contributed by atoms with Crippen LogP contribution in [0.2, 0.25) is 0 Å². The molecule has 2 aliphatic rings. The molecule has 2 saturated carbocycles. The fraction of sp³-hybridized carbons (Fsp3) is 0.889. The van der Waals surface area contributed by atoms with E-state index in [9.17, 15) is 0 Å². The van der Waals surface area contributed by atoms with Gasteiger partial charge in [-0.15, -0.1) is 0 Å². The largest absolute Gasteiger partial charge is 0.366 e. The molecule has 2 aliphatic carbocycles. The van der Waals surface area contributed by atoms with E-state index in [2.05, 4.69) is 10.6 Å². The Morgan fingerprint density at radius 1 is 1.33 bits per heavy atom. The summed E-state index contributed by atoms with van der Waals surface area (Å²) in [6, 6.07) is 0.670. The summed E-state index contributed by atoms with van der Waals surface area (Å²) >= 11 is 5.09. The van der Waals surface area contributed by atoms with Gasteiger partial charge in [0.15, 0.2) is 5.11 Å². The predicted octanol–water partition coefficient (Wildman–Crippen LogP) is 1.27. The third-order valence-electron chi connectivity index (χ3n) is 3.28. The van der Waals surface area contributed by atoms with Gasteiger partial charge < -0.3 is 10.6 Å². The zero-order valence-electron chi connectivity index (χ0n) is 7.47. The maximum absolute atomic E-state index is 5.09. The molecule has 0 spiro atoms. The molecule has 0 aromatic carbocycles. The third-order valence-corrected chi connectivity index (χ3v) is 3.60. The number of nitrogens with one attached hydrogen (secondary N) is 2. The van der Waals surface area contributed by atoms with Crippen LogP contribution < -0.4 is 10.6 Å². The highest BCUT2D eigenvalue weighted by molar-refractivity contribution is 7.80. The molecule has 0 radical (unpaired) electrons. The van der Waals surface area contributed by atoms with Gasteiger partial charge in [-0.05, 0) is 43.3 Å². The molecule has 68 valence electrons. The van der Waals surface area contributed by atoms with Crippen LogP contribution in [-0.4, -0.2) is 18.2 Å². The van der Waals surface area contributed by atoms with Crippen LogP contribution in [0.15, 0.2) is 0 Å². The van der Waals surface area contributed by atoms with Gasteiger partial charge in [-0.3, -0.25) is 0 Å². The number of fused-ring (bicyclic) bond motifs is 2. The fourth-order valence-corrected chi connectivity index (χ4v) is 2.81. The van der Waals surface area contributed by atoms with Crippen molar-refractivity contribution in [2.24, 2.45) is 11.8 Å². The number of hydrogen-bond acceptors (Lipinski definition) is 1. The molecule has 0 saturated heterocycles. The van der Waals surface area contributed by atoms with E-state index >= 15 is 0 Å². The second-order valence-corrected chi connectivity index (χ2v) is 4.41. The molecule has 2 rings (SSSR count). The van der Waals surface area contributed by atoms with Gasteiger partial charge >= 0.3 is 0 Å². The van der Waals surface area contributed by atoms with E-state index in [0.29, 0.717) is 6.04 Å². The van der Waals surface area contributed by atoms with Crippen molar-refractivity contribution in [2.45, 2.75) is 31.7 Å². The maximum Gasteiger partial charge on any atom is 0.166 e. The van der Waals surface area contributed by atoms with Crippen molar-refractivity contribution in [1.29, 1.82) is 0 Å². The molecule has 0 aromatic rings. The zero-order chi connectivity index (χ0) is 8.55. The Balaban J connectivity index is 1.86. The Kier molecular flexibility index (Phi) is 2.22. The second kappa shape index (κ2) is 3.21. The lowest BCUT2D eigenvalue weighted by atomic mass is 9.96. The highest BCUT2D eigenvalue weighted by Crippen LogP contribution is 2.44. The predicted molar refractivity (Wildman–Crippen MR) is 54.0 cm³/mol. The van der Waals surface area contributed by atoms with Gasteiger partial charge in [0.05, 0.1) is 0 Å². The minimum absolute atomic E-state index is 0.670. The van der Waals surface area contributed by atoms with Gasteiger partial charge in [0.2, 0.25) is 0 Å². The number of hydrogen-bond donors (Lipinski definition) is 2. The van der Waals surface area contributed by atoms with Crippen molar-refractivity contribution >= 4 is 17.3 Å².